The second-order valence-electron chi connectivity index (χ2n) is 6.88. The van der Waals surface area contributed by atoms with E-state index in [1.165, 1.54) is 0 Å². The van der Waals surface area contributed by atoms with Crippen molar-refractivity contribution in [2.24, 2.45) is 11.7 Å². The fourth-order valence-corrected chi connectivity index (χ4v) is 3.76. The molecule has 1 saturated heterocycles. The monoisotopic (exact) mass is 358 g/mol. The molecule has 0 radical (unpaired) electrons. The normalized spacial score (nSPS) is 17.0. The van der Waals surface area contributed by atoms with Crippen LogP contribution in [-0.4, -0.2) is 52.9 Å². The Balaban J connectivity index is 1.53. The van der Waals surface area contributed by atoms with E-state index in [2.05, 4.69) is 22.4 Å². The number of thiazole rings is 1. The minimum absolute atomic E-state index is 0.0784. The van der Waals surface area contributed by atoms with E-state index in [1.807, 2.05) is 36.9 Å². The molecule has 0 saturated carbocycles. The lowest BCUT2D eigenvalue weighted by molar-refractivity contribution is -0.135. The molecule has 2 heterocycles. The van der Waals surface area contributed by atoms with E-state index < -0.39 is 6.04 Å². The molecule has 0 unspecified atom stereocenters. The summed E-state index contributed by atoms with van der Waals surface area (Å²) >= 11 is 1.68. The summed E-state index contributed by atoms with van der Waals surface area (Å²) in [6.45, 7) is 8.05. The minimum Gasteiger partial charge on any atom is -0.339 e. The van der Waals surface area contributed by atoms with Crippen molar-refractivity contribution in [1.82, 2.24) is 14.8 Å². The standard InChI is InChI=1S/C19H26N4OS/c1-14(2)17(20)19(24)23-10-8-22(9-11-23)12-16-13-25-18(21-16)15-6-4-3-5-7-15/h3-7,13-14,17H,8-12,20H2,1-2H3/t17-/m0/s1. The van der Waals surface area contributed by atoms with Gasteiger partial charge in [0.25, 0.3) is 0 Å². The van der Waals surface area contributed by atoms with Gasteiger partial charge in [-0.1, -0.05) is 44.2 Å². The van der Waals surface area contributed by atoms with Gasteiger partial charge in [0.1, 0.15) is 5.01 Å². The van der Waals surface area contributed by atoms with Crippen LogP contribution in [0.25, 0.3) is 10.6 Å². The minimum atomic E-state index is -0.390. The van der Waals surface area contributed by atoms with E-state index in [4.69, 9.17) is 10.7 Å². The van der Waals surface area contributed by atoms with E-state index in [-0.39, 0.29) is 11.8 Å². The summed E-state index contributed by atoms with van der Waals surface area (Å²) in [5, 5.41) is 3.20. The Kier molecular flexibility index (Phi) is 5.83. The van der Waals surface area contributed by atoms with Crippen molar-refractivity contribution in [2.45, 2.75) is 26.4 Å². The molecule has 1 aromatic carbocycles. The number of carbonyl (C=O) groups excluding carboxylic acids is 1. The van der Waals surface area contributed by atoms with Crippen LogP contribution in [0.3, 0.4) is 0 Å². The van der Waals surface area contributed by atoms with Gasteiger partial charge in [0.05, 0.1) is 11.7 Å². The summed E-state index contributed by atoms with van der Waals surface area (Å²) in [4.78, 5) is 21.3. The van der Waals surface area contributed by atoms with Crippen molar-refractivity contribution in [1.29, 1.82) is 0 Å². The Morgan fingerprint density at radius 3 is 2.52 bits per heavy atom. The molecule has 1 fully saturated rings. The van der Waals surface area contributed by atoms with E-state index in [0.717, 1.165) is 49.0 Å². The Morgan fingerprint density at radius 2 is 1.88 bits per heavy atom. The number of rotatable bonds is 5. The van der Waals surface area contributed by atoms with Gasteiger partial charge in [0, 0.05) is 43.7 Å². The van der Waals surface area contributed by atoms with Crippen molar-refractivity contribution < 1.29 is 4.79 Å². The van der Waals surface area contributed by atoms with Crippen LogP contribution in [0.1, 0.15) is 19.5 Å². The molecule has 134 valence electrons. The van der Waals surface area contributed by atoms with Crippen LogP contribution in [0.5, 0.6) is 0 Å². The van der Waals surface area contributed by atoms with E-state index in [1.54, 1.807) is 11.3 Å². The zero-order chi connectivity index (χ0) is 17.8. The predicted molar refractivity (Wildman–Crippen MR) is 102 cm³/mol. The zero-order valence-corrected chi connectivity index (χ0v) is 15.7. The summed E-state index contributed by atoms with van der Waals surface area (Å²) < 4.78 is 0. The highest BCUT2D eigenvalue weighted by atomic mass is 32.1. The maximum Gasteiger partial charge on any atom is 0.239 e. The quantitative estimate of drug-likeness (QED) is 0.892. The number of aromatic nitrogens is 1. The van der Waals surface area contributed by atoms with Crippen molar-refractivity contribution in [2.75, 3.05) is 26.2 Å². The second kappa shape index (κ2) is 8.08. The third-order valence-corrected chi connectivity index (χ3v) is 5.59. The van der Waals surface area contributed by atoms with Crippen LogP contribution in [0.4, 0.5) is 0 Å². The number of amides is 1. The highest BCUT2D eigenvalue weighted by molar-refractivity contribution is 7.13. The van der Waals surface area contributed by atoms with Gasteiger partial charge in [0.15, 0.2) is 0 Å². The molecule has 1 atom stereocenters. The molecule has 2 N–H and O–H groups in total. The van der Waals surface area contributed by atoms with Crippen molar-refractivity contribution >= 4 is 17.2 Å². The van der Waals surface area contributed by atoms with Crippen LogP contribution < -0.4 is 5.73 Å². The molecule has 0 bridgehead atoms. The van der Waals surface area contributed by atoms with Gasteiger partial charge < -0.3 is 10.6 Å². The summed E-state index contributed by atoms with van der Waals surface area (Å²) in [5.41, 5.74) is 8.26. The van der Waals surface area contributed by atoms with E-state index in [9.17, 15) is 4.79 Å². The largest absolute Gasteiger partial charge is 0.339 e. The number of nitrogens with two attached hydrogens (primary N) is 1. The highest BCUT2D eigenvalue weighted by Gasteiger charge is 2.27. The van der Waals surface area contributed by atoms with Crippen molar-refractivity contribution in [3.8, 4) is 10.6 Å². The van der Waals surface area contributed by atoms with Gasteiger partial charge in [-0.15, -0.1) is 11.3 Å². The van der Waals surface area contributed by atoms with E-state index in [0.29, 0.717) is 0 Å². The number of carbonyl (C=O) groups is 1. The number of hydrogen-bond acceptors (Lipinski definition) is 5. The summed E-state index contributed by atoms with van der Waals surface area (Å²) in [7, 11) is 0. The third kappa shape index (κ3) is 4.45. The molecular weight excluding hydrogens is 332 g/mol. The Hall–Kier alpha value is -1.76. The lowest BCUT2D eigenvalue weighted by Crippen LogP contribution is -2.54. The van der Waals surface area contributed by atoms with Crippen LogP contribution in [-0.2, 0) is 11.3 Å². The fourth-order valence-electron chi connectivity index (χ4n) is 2.94. The van der Waals surface area contributed by atoms with Gasteiger partial charge in [0.2, 0.25) is 5.91 Å². The molecule has 25 heavy (non-hydrogen) atoms. The summed E-state index contributed by atoms with van der Waals surface area (Å²) in [6.07, 6.45) is 0. The smallest absolute Gasteiger partial charge is 0.239 e. The average Bonchev–Trinajstić information content (AvgIpc) is 3.10. The van der Waals surface area contributed by atoms with Crippen LogP contribution in [0, 0.1) is 5.92 Å². The molecular formula is C19H26N4OS. The van der Waals surface area contributed by atoms with Gasteiger partial charge in [-0.2, -0.15) is 0 Å². The van der Waals surface area contributed by atoms with Gasteiger partial charge in [-0.25, -0.2) is 4.98 Å². The molecule has 3 rings (SSSR count). The molecule has 0 aliphatic carbocycles. The molecule has 0 spiro atoms. The topological polar surface area (TPSA) is 62.5 Å². The zero-order valence-electron chi connectivity index (χ0n) is 14.9. The van der Waals surface area contributed by atoms with Gasteiger partial charge in [-0.3, -0.25) is 9.69 Å². The Bertz CT molecular complexity index is 692. The second-order valence-corrected chi connectivity index (χ2v) is 7.74. The van der Waals surface area contributed by atoms with E-state index >= 15 is 0 Å². The molecule has 1 amide bonds. The summed E-state index contributed by atoms with van der Waals surface area (Å²) in [6, 6.07) is 9.88. The first-order valence-corrected chi connectivity index (χ1v) is 9.69. The first kappa shape index (κ1) is 18.0. The van der Waals surface area contributed by atoms with Crippen molar-refractivity contribution in [3.63, 3.8) is 0 Å². The molecule has 2 aromatic rings. The molecule has 6 heteroatoms. The van der Waals surface area contributed by atoms with Gasteiger partial charge in [-0.05, 0) is 5.92 Å². The predicted octanol–water partition coefficient (Wildman–Crippen LogP) is 2.44. The van der Waals surface area contributed by atoms with Gasteiger partial charge >= 0.3 is 0 Å². The maximum atomic E-state index is 12.3. The number of hydrogen-bond donors (Lipinski definition) is 1. The van der Waals surface area contributed by atoms with Crippen LogP contribution in [0.15, 0.2) is 35.7 Å². The summed E-state index contributed by atoms with van der Waals surface area (Å²) in [5.74, 6) is 0.256. The molecule has 1 aromatic heterocycles. The lowest BCUT2D eigenvalue weighted by atomic mass is 10.0. The molecule has 1 aliphatic rings. The third-order valence-electron chi connectivity index (χ3n) is 4.65. The maximum absolute atomic E-state index is 12.3. The fraction of sp³-hybridized carbons (Fsp3) is 0.474. The first-order chi connectivity index (χ1) is 12.0. The Labute approximate surface area is 153 Å². The molecule has 5 nitrogen and oxygen atoms in total. The SMILES string of the molecule is CC(C)[C@H](N)C(=O)N1CCN(Cc2csc(-c3ccccc3)n2)CC1. The number of nitrogens with zero attached hydrogens (tertiary/aromatic N) is 3. The number of benzene rings is 1. The van der Waals surface area contributed by atoms with Crippen molar-refractivity contribution in [3.05, 3.63) is 41.4 Å². The average molecular weight is 359 g/mol. The first-order valence-electron chi connectivity index (χ1n) is 8.81. The molecule has 1 aliphatic heterocycles. The lowest BCUT2D eigenvalue weighted by Gasteiger charge is -2.36. The van der Waals surface area contributed by atoms with Crippen LogP contribution in [0.2, 0.25) is 0 Å². The Morgan fingerprint density at radius 1 is 1.20 bits per heavy atom. The van der Waals surface area contributed by atoms with Crippen LogP contribution >= 0.6 is 11.3 Å². The number of piperazine rings is 1. The highest BCUT2D eigenvalue weighted by Crippen LogP contribution is 2.24.